The molecule has 0 amide bonds. The highest BCUT2D eigenvalue weighted by Crippen LogP contribution is 2.60. The Kier molecular flexibility index (Phi) is 3.40. The van der Waals surface area contributed by atoms with E-state index in [2.05, 4.69) is 0 Å². The SMILES string of the molecule is FCC(F)(F)P(Cl)Cl. The molecule has 0 spiro atoms. The fourth-order valence-electron chi connectivity index (χ4n) is 0.0452. The monoisotopic (exact) mass is 184 g/mol. The van der Waals surface area contributed by atoms with Crippen LogP contribution < -0.4 is 0 Å². The zero-order chi connectivity index (χ0) is 6.78. The van der Waals surface area contributed by atoms with Crippen molar-refractivity contribution in [1.29, 1.82) is 0 Å². The molecule has 0 atom stereocenters. The van der Waals surface area contributed by atoms with Crippen LogP contribution in [0.15, 0.2) is 0 Å². The molecule has 0 radical (unpaired) electrons. The molecule has 0 aromatic rings. The minimum Gasteiger partial charge on any atom is -0.244 e. The molecule has 0 nitrogen and oxygen atoms in total. The predicted molar refractivity (Wildman–Crippen MR) is 29.5 cm³/mol. The first-order chi connectivity index (χ1) is 3.50. The molecule has 0 rings (SSSR count). The summed E-state index contributed by atoms with van der Waals surface area (Å²) in [5, 5.41) is 0. The summed E-state index contributed by atoms with van der Waals surface area (Å²) in [6.45, 7) is -4.29. The van der Waals surface area contributed by atoms with Crippen molar-refractivity contribution < 1.29 is 13.2 Å². The highest BCUT2D eigenvalue weighted by molar-refractivity contribution is 8.04. The Morgan fingerprint density at radius 1 is 1.38 bits per heavy atom. The van der Waals surface area contributed by atoms with E-state index >= 15 is 0 Å². The average Bonchev–Trinajstić information content (AvgIpc) is 1.67. The molecule has 0 aliphatic heterocycles. The predicted octanol–water partition coefficient (Wildman–Crippen LogP) is 3.34. The number of hydrogen-bond donors (Lipinski definition) is 0. The molecule has 0 saturated carbocycles. The quantitative estimate of drug-likeness (QED) is 0.578. The Balaban J connectivity index is 3.71. The molecule has 50 valence electrons. The topological polar surface area (TPSA) is 0 Å². The molecule has 0 aliphatic carbocycles. The molecule has 0 bridgehead atoms. The first-order valence-corrected chi connectivity index (χ1v) is 4.71. The van der Waals surface area contributed by atoms with Gasteiger partial charge < -0.3 is 0 Å². The van der Waals surface area contributed by atoms with E-state index in [-0.39, 0.29) is 0 Å². The van der Waals surface area contributed by atoms with E-state index in [1.54, 1.807) is 0 Å². The Morgan fingerprint density at radius 2 is 1.75 bits per heavy atom. The summed E-state index contributed by atoms with van der Waals surface area (Å²) in [6, 6.07) is 0. The molecule has 0 unspecified atom stereocenters. The van der Waals surface area contributed by atoms with Crippen molar-refractivity contribution in [3.63, 3.8) is 0 Å². The van der Waals surface area contributed by atoms with E-state index in [4.69, 9.17) is 22.5 Å². The van der Waals surface area contributed by atoms with E-state index in [1.165, 1.54) is 0 Å². The van der Waals surface area contributed by atoms with Crippen molar-refractivity contribution in [2.45, 2.75) is 5.66 Å². The molecule has 0 fully saturated rings. The normalized spacial score (nSPS) is 12.8. The van der Waals surface area contributed by atoms with Gasteiger partial charge in [0.15, 0.2) is 13.3 Å². The maximum absolute atomic E-state index is 11.7. The molecule has 0 N–H and O–H groups in total. The molecule has 6 heteroatoms. The van der Waals surface area contributed by atoms with Crippen LogP contribution in [0.5, 0.6) is 0 Å². The van der Waals surface area contributed by atoms with Gasteiger partial charge in [-0.25, -0.2) is 4.39 Å². The summed E-state index contributed by atoms with van der Waals surface area (Å²) in [5.41, 5.74) is -3.53. The average molecular weight is 185 g/mol. The number of halogens is 5. The van der Waals surface area contributed by atoms with Gasteiger partial charge in [0.25, 0.3) is 0 Å². The van der Waals surface area contributed by atoms with Crippen molar-refractivity contribution in [3.05, 3.63) is 0 Å². The Labute approximate surface area is 55.3 Å². The van der Waals surface area contributed by atoms with Gasteiger partial charge in [-0.1, -0.05) is 22.5 Å². The third kappa shape index (κ3) is 2.38. The van der Waals surface area contributed by atoms with E-state index in [0.717, 1.165) is 0 Å². The maximum atomic E-state index is 11.7. The highest BCUT2D eigenvalue weighted by atomic mass is 35.9. The van der Waals surface area contributed by atoms with Gasteiger partial charge in [-0.2, -0.15) is 8.78 Å². The van der Waals surface area contributed by atoms with Crippen LogP contribution >= 0.6 is 29.1 Å². The van der Waals surface area contributed by atoms with Gasteiger partial charge >= 0.3 is 5.66 Å². The van der Waals surface area contributed by atoms with Crippen LogP contribution in [0.4, 0.5) is 13.2 Å². The summed E-state index contributed by atoms with van der Waals surface area (Å²) in [6.07, 6.45) is 0. The molecule has 0 aliphatic rings. The zero-order valence-electron chi connectivity index (χ0n) is 3.54. The first-order valence-electron chi connectivity index (χ1n) is 1.56. The minimum atomic E-state index is -3.53. The summed E-state index contributed by atoms with van der Waals surface area (Å²) in [5.74, 6) is 0. The lowest BCUT2D eigenvalue weighted by atomic mass is 10.8. The van der Waals surface area contributed by atoms with E-state index in [1.807, 2.05) is 0 Å². The third-order valence-corrected chi connectivity index (χ3v) is 2.51. The van der Waals surface area contributed by atoms with Gasteiger partial charge in [-0.05, 0) is 0 Å². The summed E-state index contributed by atoms with van der Waals surface area (Å²) in [4.78, 5) is 0. The smallest absolute Gasteiger partial charge is 0.244 e. The van der Waals surface area contributed by atoms with E-state index < -0.39 is 19.0 Å². The molecule has 0 aromatic carbocycles. The van der Waals surface area contributed by atoms with Gasteiger partial charge in [0, 0.05) is 0 Å². The van der Waals surface area contributed by atoms with Gasteiger partial charge in [0.2, 0.25) is 0 Å². The van der Waals surface area contributed by atoms with Crippen molar-refractivity contribution in [2.75, 3.05) is 6.67 Å². The zero-order valence-corrected chi connectivity index (χ0v) is 5.95. The van der Waals surface area contributed by atoms with Crippen molar-refractivity contribution in [3.8, 4) is 0 Å². The summed E-state index contributed by atoms with van der Waals surface area (Å²) >= 11 is 9.42. The van der Waals surface area contributed by atoms with E-state index in [0.29, 0.717) is 0 Å². The number of alkyl halides is 3. The Morgan fingerprint density at radius 3 is 1.75 bits per heavy atom. The molecule has 0 saturated heterocycles. The van der Waals surface area contributed by atoms with Crippen molar-refractivity contribution in [2.24, 2.45) is 0 Å². The fraction of sp³-hybridized carbons (Fsp3) is 1.00. The molecule has 8 heavy (non-hydrogen) atoms. The van der Waals surface area contributed by atoms with Gasteiger partial charge in [0.1, 0.15) is 0 Å². The van der Waals surface area contributed by atoms with E-state index in [9.17, 15) is 13.2 Å². The van der Waals surface area contributed by atoms with Crippen LogP contribution in [-0.4, -0.2) is 12.3 Å². The molecular weight excluding hydrogens is 183 g/mol. The number of rotatable bonds is 2. The second-order valence-corrected chi connectivity index (χ2v) is 4.70. The largest absolute Gasteiger partial charge is 0.320 e. The van der Waals surface area contributed by atoms with Crippen LogP contribution in [0, 0.1) is 0 Å². The van der Waals surface area contributed by atoms with Gasteiger partial charge in [0.05, 0.1) is 0 Å². The standard InChI is InChI=1S/C2H2Cl2F3P/c3-8(4)2(6,7)1-5/h1H2. The van der Waals surface area contributed by atoms with Crippen molar-refractivity contribution >= 4 is 29.1 Å². The van der Waals surface area contributed by atoms with Crippen LogP contribution in [-0.2, 0) is 0 Å². The first kappa shape index (κ1) is 8.80. The van der Waals surface area contributed by atoms with Crippen LogP contribution in [0.2, 0.25) is 0 Å². The second kappa shape index (κ2) is 3.09. The summed E-state index contributed by atoms with van der Waals surface area (Å²) < 4.78 is 34.4. The lowest BCUT2D eigenvalue weighted by molar-refractivity contribution is 0.0707. The lowest BCUT2D eigenvalue weighted by Crippen LogP contribution is -2.10. The van der Waals surface area contributed by atoms with Gasteiger partial charge in [-0.15, -0.1) is 0 Å². The van der Waals surface area contributed by atoms with Crippen LogP contribution in [0.3, 0.4) is 0 Å². The molecule has 0 aromatic heterocycles. The number of hydrogen-bond acceptors (Lipinski definition) is 0. The molecular formula is C2H2Cl2F3P. The Hall–Kier alpha value is 0.800. The minimum absolute atomic E-state index is 1.79. The summed E-state index contributed by atoms with van der Waals surface area (Å²) in [7, 11) is 0. The molecule has 0 heterocycles. The van der Waals surface area contributed by atoms with Crippen LogP contribution in [0.25, 0.3) is 0 Å². The maximum Gasteiger partial charge on any atom is 0.320 e. The van der Waals surface area contributed by atoms with Gasteiger partial charge in [-0.3, -0.25) is 0 Å². The second-order valence-electron chi connectivity index (χ2n) is 1.03. The van der Waals surface area contributed by atoms with Crippen LogP contribution in [0.1, 0.15) is 0 Å². The lowest BCUT2D eigenvalue weighted by Gasteiger charge is -2.10. The Bertz CT molecular complexity index is 75.7. The third-order valence-electron chi connectivity index (χ3n) is 0.408. The fourth-order valence-corrected chi connectivity index (χ4v) is 0.407. The highest BCUT2D eigenvalue weighted by Gasteiger charge is 2.37. The van der Waals surface area contributed by atoms with Crippen molar-refractivity contribution in [1.82, 2.24) is 0 Å².